The van der Waals surface area contributed by atoms with E-state index >= 15 is 0 Å². The van der Waals surface area contributed by atoms with Gasteiger partial charge in [-0.3, -0.25) is 10.1 Å². The van der Waals surface area contributed by atoms with Gasteiger partial charge in [0.15, 0.2) is 0 Å². The fraction of sp³-hybridized carbons (Fsp3) is 0.500. The first kappa shape index (κ1) is 13.7. The highest BCUT2D eigenvalue weighted by molar-refractivity contribution is 5.62. The van der Waals surface area contributed by atoms with Crippen LogP contribution in [0.1, 0.15) is 5.56 Å². The van der Waals surface area contributed by atoms with Gasteiger partial charge in [-0.2, -0.15) is 0 Å². The lowest BCUT2D eigenvalue weighted by Gasteiger charge is -2.32. The van der Waals surface area contributed by atoms with Crippen molar-refractivity contribution >= 4 is 11.4 Å². The van der Waals surface area contributed by atoms with E-state index in [1.807, 2.05) is 12.1 Å². The molecule has 1 N–H and O–H groups in total. The maximum absolute atomic E-state index is 13.4. The zero-order valence-electron chi connectivity index (χ0n) is 11.0. The van der Waals surface area contributed by atoms with Crippen molar-refractivity contribution in [2.24, 2.45) is 0 Å². The van der Waals surface area contributed by atoms with E-state index in [9.17, 15) is 14.5 Å². The van der Waals surface area contributed by atoms with E-state index in [0.717, 1.165) is 32.2 Å². The summed E-state index contributed by atoms with van der Waals surface area (Å²) in [5.74, 6) is -0.560. The van der Waals surface area contributed by atoms with Crippen LogP contribution < -0.4 is 5.43 Å². The van der Waals surface area contributed by atoms with Crippen LogP contribution in [0.5, 0.6) is 0 Å². The van der Waals surface area contributed by atoms with Crippen LogP contribution in [0.2, 0.25) is 0 Å². The van der Waals surface area contributed by atoms with Gasteiger partial charge < -0.3 is 10.3 Å². The fourth-order valence-electron chi connectivity index (χ4n) is 2.00. The number of nitro benzene ring substituents is 1. The van der Waals surface area contributed by atoms with Gasteiger partial charge in [0.1, 0.15) is 11.5 Å². The number of anilines is 1. The lowest BCUT2D eigenvalue weighted by Crippen LogP contribution is -2.47. The van der Waals surface area contributed by atoms with Crippen LogP contribution in [0, 0.1) is 22.9 Å². The number of hydrazine groups is 1. The number of nitrogens with one attached hydrogen (secondary N) is 1. The molecule has 1 aromatic rings. The molecule has 0 aromatic heterocycles. The number of halogens is 1. The molecule has 0 saturated carbocycles. The summed E-state index contributed by atoms with van der Waals surface area (Å²) in [6, 6.07) is 2.44. The summed E-state index contributed by atoms with van der Waals surface area (Å²) in [5.41, 5.74) is 3.52. The van der Waals surface area contributed by atoms with E-state index in [4.69, 9.17) is 0 Å². The number of hydrogen-bond donors (Lipinski definition) is 1. The standard InChI is InChI=1S/C12H17FN4O2/c1-9-7-11(12(17(18)19)8-10(9)13)14-16-5-3-15(2)4-6-16/h7-8,14H,3-6H2,1-2H3. The Kier molecular flexibility index (Phi) is 3.96. The first-order valence-electron chi connectivity index (χ1n) is 6.12. The van der Waals surface area contributed by atoms with Crippen molar-refractivity contribution in [1.82, 2.24) is 9.91 Å². The second-order valence-corrected chi connectivity index (χ2v) is 4.78. The van der Waals surface area contributed by atoms with Crippen molar-refractivity contribution in [3.63, 3.8) is 0 Å². The third kappa shape index (κ3) is 3.18. The summed E-state index contributed by atoms with van der Waals surface area (Å²) in [7, 11) is 2.03. The van der Waals surface area contributed by atoms with Crippen LogP contribution >= 0.6 is 0 Å². The average Bonchev–Trinajstić information content (AvgIpc) is 2.36. The number of hydrogen-bond acceptors (Lipinski definition) is 5. The number of piperazine rings is 1. The number of nitrogens with zero attached hydrogens (tertiary/aromatic N) is 3. The van der Waals surface area contributed by atoms with Gasteiger partial charge in [0.05, 0.1) is 11.0 Å². The predicted octanol–water partition coefficient (Wildman–Crippen LogP) is 1.62. The predicted molar refractivity (Wildman–Crippen MR) is 70.5 cm³/mol. The topological polar surface area (TPSA) is 61.6 Å². The highest BCUT2D eigenvalue weighted by Crippen LogP contribution is 2.28. The van der Waals surface area contributed by atoms with Gasteiger partial charge in [0, 0.05) is 26.2 Å². The van der Waals surface area contributed by atoms with Gasteiger partial charge in [0.2, 0.25) is 0 Å². The van der Waals surface area contributed by atoms with Crippen LogP contribution in [0.4, 0.5) is 15.8 Å². The third-order valence-electron chi connectivity index (χ3n) is 3.26. The fourth-order valence-corrected chi connectivity index (χ4v) is 2.00. The molecule has 0 radical (unpaired) electrons. The average molecular weight is 268 g/mol. The molecule has 1 heterocycles. The van der Waals surface area contributed by atoms with Crippen molar-refractivity contribution < 1.29 is 9.31 Å². The number of likely N-dealkylation sites (N-methyl/N-ethyl adjacent to an activating group) is 1. The highest BCUT2D eigenvalue weighted by Gasteiger charge is 2.20. The molecule has 2 rings (SSSR count). The molecule has 1 aliphatic heterocycles. The molecule has 0 aliphatic carbocycles. The van der Waals surface area contributed by atoms with Gasteiger partial charge in [0.25, 0.3) is 5.69 Å². The molecule has 0 spiro atoms. The number of rotatable bonds is 3. The molecule has 1 fully saturated rings. The van der Waals surface area contributed by atoms with Crippen molar-refractivity contribution in [1.29, 1.82) is 0 Å². The molecule has 104 valence electrons. The summed E-state index contributed by atoms with van der Waals surface area (Å²) < 4.78 is 13.4. The summed E-state index contributed by atoms with van der Waals surface area (Å²) in [6.45, 7) is 4.91. The van der Waals surface area contributed by atoms with Crippen molar-refractivity contribution in [3.8, 4) is 0 Å². The molecular formula is C12H17FN4O2. The number of aryl methyl sites for hydroxylation is 1. The summed E-state index contributed by atoms with van der Waals surface area (Å²) >= 11 is 0. The second-order valence-electron chi connectivity index (χ2n) is 4.78. The maximum Gasteiger partial charge on any atom is 0.296 e. The van der Waals surface area contributed by atoms with E-state index in [2.05, 4.69) is 10.3 Å². The van der Waals surface area contributed by atoms with E-state index < -0.39 is 10.7 Å². The van der Waals surface area contributed by atoms with Gasteiger partial charge in [-0.1, -0.05) is 0 Å². The molecule has 7 heteroatoms. The maximum atomic E-state index is 13.4. The number of benzene rings is 1. The molecule has 1 aliphatic rings. The molecule has 0 bridgehead atoms. The third-order valence-corrected chi connectivity index (χ3v) is 3.26. The summed E-state index contributed by atoms with van der Waals surface area (Å²) in [6.07, 6.45) is 0. The Bertz CT molecular complexity index is 487. The van der Waals surface area contributed by atoms with Crippen LogP contribution in [-0.4, -0.2) is 48.1 Å². The smallest absolute Gasteiger partial charge is 0.296 e. The van der Waals surface area contributed by atoms with Crippen molar-refractivity contribution in [2.75, 3.05) is 38.7 Å². The Labute approximate surface area is 110 Å². The number of nitro groups is 1. The van der Waals surface area contributed by atoms with Crippen LogP contribution in [0.25, 0.3) is 0 Å². The Morgan fingerprint density at radius 2 is 1.95 bits per heavy atom. The first-order valence-corrected chi connectivity index (χ1v) is 6.12. The van der Waals surface area contributed by atoms with Gasteiger partial charge >= 0.3 is 0 Å². The minimum atomic E-state index is -0.569. The molecule has 1 saturated heterocycles. The van der Waals surface area contributed by atoms with Crippen molar-refractivity contribution in [2.45, 2.75) is 6.92 Å². The normalized spacial score (nSPS) is 17.4. The Balaban J connectivity index is 2.19. The zero-order chi connectivity index (χ0) is 14.0. The largest absolute Gasteiger partial charge is 0.313 e. The SMILES string of the molecule is Cc1cc(NN2CCN(C)CC2)c([N+](=O)[O-])cc1F. The van der Waals surface area contributed by atoms with Crippen LogP contribution in [0.3, 0.4) is 0 Å². The van der Waals surface area contributed by atoms with Crippen LogP contribution in [0.15, 0.2) is 12.1 Å². The Hall–Kier alpha value is -1.73. The van der Waals surface area contributed by atoms with Crippen molar-refractivity contribution in [3.05, 3.63) is 33.6 Å². The van der Waals surface area contributed by atoms with E-state index in [0.29, 0.717) is 11.3 Å². The lowest BCUT2D eigenvalue weighted by molar-refractivity contribution is -0.384. The Morgan fingerprint density at radius 3 is 2.53 bits per heavy atom. The molecule has 0 unspecified atom stereocenters. The molecule has 1 aromatic carbocycles. The van der Waals surface area contributed by atoms with E-state index in [1.54, 1.807) is 6.92 Å². The Morgan fingerprint density at radius 1 is 1.32 bits per heavy atom. The minimum absolute atomic E-state index is 0.234. The molecule has 6 nitrogen and oxygen atoms in total. The monoisotopic (exact) mass is 268 g/mol. The molecule has 0 amide bonds. The molecular weight excluding hydrogens is 251 g/mol. The molecule has 0 atom stereocenters. The highest BCUT2D eigenvalue weighted by atomic mass is 19.1. The first-order chi connectivity index (χ1) is 8.97. The summed E-state index contributed by atoms with van der Waals surface area (Å²) in [5, 5.41) is 12.9. The van der Waals surface area contributed by atoms with Crippen LogP contribution in [-0.2, 0) is 0 Å². The van der Waals surface area contributed by atoms with E-state index in [-0.39, 0.29) is 5.69 Å². The summed E-state index contributed by atoms with van der Waals surface area (Å²) in [4.78, 5) is 12.6. The molecule has 19 heavy (non-hydrogen) atoms. The van der Waals surface area contributed by atoms with Gasteiger partial charge in [-0.25, -0.2) is 9.40 Å². The second kappa shape index (κ2) is 5.50. The lowest BCUT2D eigenvalue weighted by atomic mass is 10.2. The quantitative estimate of drug-likeness (QED) is 0.666. The van der Waals surface area contributed by atoms with Gasteiger partial charge in [-0.05, 0) is 25.6 Å². The van der Waals surface area contributed by atoms with Gasteiger partial charge in [-0.15, -0.1) is 0 Å². The van der Waals surface area contributed by atoms with E-state index in [1.165, 1.54) is 6.07 Å². The zero-order valence-corrected chi connectivity index (χ0v) is 11.0. The minimum Gasteiger partial charge on any atom is -0.313 e.